The molecule has 0 amide bonds. The fraction of sp³-hybridized carbons (Fsp3) is 0.733. The molecule has 2 heterocycles. The van der Waals surface area contributed by atoms with Gasteiger partial charge < -0.3 is 14.0 Å². The Morgan fingerprint density at radius 2 is 2.20 bits per heavy atom. The van der Waals surface area contributed by atoms with Crippen LogP contribution >= 0.6 is 0 Å². The molecule has 3 rings (SSSR count). The summed E-state index contributed by atoms with van der Waals surface area (Å²) in [6.07, 6.45) is 4.51. The first-order chi connectivity index (χ1) is 9.32. The van der Waals surface area contributed by atoms with E-state index in [9.17, 15) is 4.79 Å². The summed E-state index contributed by atoms with van der Waals surface area (Å²) in [5.41, 5.74) is 0.790. The van der Waals surface area contributed by atoms with Gasteiger partial charge in [0.2, 0.25) is 0 Å². The maximum Gasteiger partial charge on any atom is 0.310 e. The molecule has 1 spiro atoms. The summed E-state index contributed by atoms with van der Waals surface area (Å²) in [6, 6.07) is 0. The van der Waals surface area contributed by atoms with E-state index in [4.69, 9.17) is 9.47 Å². The third-order valence-corrected chi connectivity index (χ3v) is 4.35. The largest absolute Gasteiger partial charge is 0.460 e. The van der Waals surface area contributed by atoms with Crippen molar-refractivity contribution in [2.45, 2.75) is 38.7 Å². The first-order valence-electron chi connectivity index (χ1n) is 7.09. The summed E-state index contributed by atoms with van der Waals surface area (Å²) in [5, 5.41) is 0. The van der Waals surface area contributed by atoms with Gasteiger partial charge in [-0.05, 0) is 27.2 Å². The van der Waals surface area contributed by atoms with E-state index in [1.807, 2.05) is 38.6 Å². The Labute approximate surface area is 119 Å². The number of carbonyl (C=O) groups excluding carboxylic acids is 1. The first-order valence-corrected chi connectivity index (χ1v) is 7.09. The van der Waals surface area contributed by atoms with Gasteiger partial charge in [0.25, 0.3) is 0 Å². The third-order valence-electron chi connectivity index (χ3n) is 4.35. The van der Waals surface area contributed by atoms with Gasteiger partial charge in [-0.1, -0.05) is 0 Å². The summed E-state index contributed by atoms with van der Waals surface area (Å²) < 4.78 is 13.0. The van der Waals surface area contributed by atoms with Crippen LogP contribution < -0.4 is 0 Å². The highest BCUT2D eigenvalue weighted by Gasteiger charge is 2.62. The van der Waals surface area contributed by atoms with Crippen LogP contribution in [0.2, 0.25) is 0 Å². The zero-order chi connectivity index (χ0) is 14.5. The van der Waals surface area contributed by atoms with Crippen LogP contribution in [-0.4, -0.2) is 34.3 Å². The highest BCUT2D eigenvalue weighted by Crippen LogP contribution is 2.61. The molecular weight excluding hydrogens is 256 g/mol. The molecule has 1 aromatic heterocycles. The minimum absolute atomic E-state index is 0.0754. The van der Waals surface area contributed by atoms with Crippen LogP contribution in [-0.2, 0) is 21.3 Å². The van der Waals surface area contributed by atoms with Crippen LogP contribution in [0.1, 0.15) is 38.8 Å². The molecule has 1 aromatic rings. The van der Waals surface area contributed by atoms with Crippen LogP contribution in [0.4, 0.5) is 0 Å². The lowest BCUT2D eigenvalue weighted by Gasteiger charge is -2.58. The maximum absolute atomic E-state index is 12.4. The van der Waals surface area contributed by atoms with Crippen LogP contribution in [0, 0.1) is 11.3 Å². The van der Waals surface area contributed by atoms with Crippen LogP contribution in [0.25, 0.3) is 0 Å². The number of nitrogens with zero attached hydrogens (tertiary/aromatic N) is 2. The molecule has 110 valence electrons. The molecular formula is C15H22N2O3. The summed E-state index contributed by atoms with van der Waals surface area (Å²) in [6.45, 7) is 7.20. The molecule has 2 aliphatic rings. The van der Waals surface area contributed by atoms with E-state index in [-0.39, 0.29) is 23.2 Å². The Kier molecular flexibility index (Phi) is 2.94. The molecule has 20 heavy (non-hydrogen) atoms. The third kappa shape index (κ3) is 2.04. The predicted octanol–water partition coefficient (Wildman–Crippen LogP) is 1.88. The Hall–Kier alpha value is -1.36. The van der Waals surface area contributed by atoms with E-state index in [1.165, 1.54) is 0 Å². The second kappa shape index (κ2) is 4.32. The Bertz CT molecular complexity index is 525. The van der Waals surface area contributed by atoms with Crippen LogP contribution in [0.5, 0.6) is 0 Å². The average Bonchev–Trinajstić information content (AvgIpc) is 2.58. The molecule has 1 aliphatic heterocycles. The van der Waals surface area contributed by atoms with Gasteiger partial charge in [0.15, 0.2) is 0 Å². The quantitative estimate of drug-likeness (QED) is 0.775. The maximum atomic E-state index is 12.4. The fourth-order valence-electron chi connectivity index (χ4n) is 3.39. The normalized spacial score (nSPS) is 27.8. The van der Waals surface area contributed by atoms with E-state index >= 15 is 0 Å². The Morgan fingerprint density at radius 1 is 1.50 bits per heavy atom. The number of aryl methyl sites for hydroxylation is 1. The van der Waals surface area contributed by atoms with Crippen molar-refractivity contribution in [2.75, 3.05) is 13.2 Å². The summed E-state index contributed by atoms with van der Waals surface area (Å²) >= 11 is 0. The summed E-state index contributed by atoms with van der Waals surface area (Å²) in [4.78, 5) is 16.6. The number of aromatic nitrogens is 2. The number of hydrogen-bond donors (Lipinski definition) is 0. The zero-order valence-electron chi connectivity index (χ0n) is 12.5. The molecule has 2 fully saturated rings. The molecule has 0 aromatic carbocycles. The standard InChI is InChI=1S/C15H22N2O3/c1-14(2,3)20-13(18)10-5-15(7-19-8-15)12(10)11-6-16-9-17(11)4/h6,9-10,12H,5,7-8H2,1-4H3. The van der Waals surface area contributed by atoms with Crippen LogP contribution in [0.3, 0.4) is 0 Å². The van der Waals surface area contributed by atoms with E-state index < -0.39 is 5.60 Å². The predicted molar refractivity (Wildman–Crippen MR) is 73.2 cm³/mol. The van der Waals surface area contributed by atoms with Gasteiger partial charge in [-0.15, -0.1) is 0 Å². The van der Waals surface area contributed by atoms with Crippen molar-refractivity contribution < 1.29 is 14.3 Å². The molecule has 1 aliphatic carbocycles. The average molecular weight is 278 g/mol. The van der Waals surface area contributed by atoms with Gasteiger partial charge >= 0.3 is 5.97 Å². The lowest BCUT2D eigenvalue weighted by Crippen LogP contribution is -2.61. The highest BCUT2D eigenvalue weighted by atomic mass is 16.6. The number of esters is 1. The van der Waals surface area contributed by atoms with E-state index in [2.05, 4.69) is 4.98 Å². The van der Waals surface area contributed by atoms with Crippen molar-refractivity contribution in [3.8, 4) is 0 Å². The van der Waals surface area contributed by atoms with Crippen molar-refractivity contribution in [2.24, 2.45) is 18.4 Å². The number of rotatable bonds is 2. The molecule has 0 bridgehead atoms. The SMILES string of the molecule is Cn1cncc1C1C(C(=O)OC(C)(C)C)CC12COC2. The lowest BCUT2D eigenvalue weighted by atomic mass is 9.51. The number of hydrogen-bond acceptors (Lipinski definition) is 4. The van der Waals surface area contributed by atoms with Gasteiger partial charge in [0, 0.05) is 30.3 Å². The molecule has 1 saturated heterocycles. The second-order valence-electron chi connectivity index (χ2n) is 7.11. The summed E-state index contributed by atoms with van der Waals surface area (Å²) in [5.74, 6) is -0.00616. The molecule has 1 saturated carbocycles. The Balaban J connectivity index is 1.83. The van der Waals surface area contributed by atoms with E-state index in [0.29, 0.717) is 0 Å². The number of imidazole rings is 1. The van der Waals surface area contributed by atoms with Gasteiger partial charge in [-0.3, -0.25) is 4.79 Å². The number of ether oxygens (including phenoxy) is 2. The van der Waals surface area contributed by atoms with Gasteiger partial charge in [0.05, 0.1) is 25.5 Å². The minimum Gasteiger partial charge on any atom is -0.460 e. The minimum atomic E-state index is -0.438. The second-order valence-corrected chi connectivity index (χ2v) is 7.11. The number of carbonyl (C=O) groups is 1. The highest BCUT2D eigenvalue weighted by molar-refractivity contribution is 5.76. The smallest absolute Gasteiger partial charge is 0.310 e. The van der Waals surface area contributed by atoms with Crippen LogP contribution in [0.15, 0.2) is 12.5 Å². The zero-order valence-corrected chi connectivity index (χ0v) is 12.5. The van der Waals surface area contributed by atoms with E-state index in [1.54, 1.807) is 6.33 Å². The molecule has 0 radical (unpaired) electrons. The Morgan fingerprint density at radius 3 is 2.65 bits per heavy atom. The monoisotopic (exact) mass is 278 g/mol. The fourth-order valence-corrected chi connectivity index (χ4v) is 3.39. The van der Waals surface area contributed by atoms with Crippen molar-refractivity contribution in [3.05, 3.63) is 18.2 Å². The topological polar surface area (TPSA) is 53.4 Å². The molecule has 0 N–H and O–H groups in total. The van der Waals surface area contributed by atoms with Gasteiger partial charge in [-0.2, -0.15) is 0 Å². The van der Waals surface area contributed by atoms with Crippen molar-refractivity contribution >= 4 is 5.97 Å². The molecule has 5 heteroatoms. The summed E-state index contributed by atoms with van der Waals surface area (Å²) in [7, 11) is 1.97. The van der Waals surface area contributed by atoms with Gasteiger partial charge in [-0.25, -0.2) is 4.98 Å². The van der Waals surface area contributed by atoms with Crippen molar-refractivity contribution in [1.82, 2.24) is 9.55 Å². The van der Waals surface area contributed by atoms with Gasteiger partial charge in [0.1, 0.15) is 5.60 Å². The molecule has 2 unspecified atom stereocenters. The molecule has 2 atom stereocenters. The van der Waals surface area contributed by atoms with Crippen molar-refractivity contribution in [3.63, 3.8) is 0 Å². The van der Waals surface area contributed by atoms with Crippen molar-refractivity contribution in [1.29, 1.82) is 0 Å². The lowest BCUT2D eigenvalue weighted by molar-refractivity contribution is -0.214. The first kappa shape index (κ1) is 13.6. The van der Waals surface area contributed by atoms with E-state index in [0.717, 1.165) is 25.3 Å². The molecule has 5 nitrogen and oxygen atoms in total.